The van der Waals surface area contributed by atoms with Crippen molar-refractivity contribution in [1.82, 2.24) is 30.8 Å². The van der Waals surface area contributed by atoms with Crippen molar-refractivity contribution in [2.75, 3.05) is 16.8 Å². The molecular weight excluding hydrogens is 604 g/mol. The molecule has 220 valence electrons. The van der Waals surface area contributed by atoms with Gasteiger partial charge in [0.2, 0.25) is 11.1 Å². The lowest BCUT2D eigenvalue weighted by atomic mass is 10.00. The van der Waals surface area contributed by atoms with E-state index in [-0.39, 0.29) is 35.0 Å². The molecule has 1 aromatic carbocycles. The van der Waals surface area contributed by atoms with E-state index in [0.29, 0.717) is 11.3 Å². The molecule has 1 fully saturated rings. The number of nitrogens with one attached hydrogen (secondary N) is 3. The second kappa shape index (κ2) is 12.4. The van der Waals surface area contributed by atoms with Crippen LogP contribution in [0.4, 0.5) is 5.69 Å². The van der Waals surface area contributed by atoms with Gasteiger partial charge in [-0.25, -0.2) is 9.59 Å². The molecule has 41 heavy (non-hydrogen) atoms. The van der Waals surface area contributed by atoms with Crippen molar-refractivity contribution in [1.29, 1.82) is 0 Å². The van der Waals surface area contributed by atoms with Crippen LogP contribution in [0.1, 0.15) is 12.0 Å². The molecule has 2 aliphatic rings. The summed E-state index contributed by atoms with van der Waals surface area (Å²) < 4.78 is 32.0. The highest BCUT2D eigenvalue weighted by Gasteiger charge is 2.54. The average molecular weight is 629 g/mol. The van der Waals surface area contributed by atoms with Gasteiger partial charge in [-0.15, -0.1) is 22.0 Å². The maximum Gasteiger partial charge on any atom is 0.352 e. The highest BCUT2D eigenvalue weighted by atomic mass is 32.2. The molecular formula is C21H24N8O9S3. The van der Waals surface area contributed by atoms with E-state index in [1.807, 2.05) is 0 Å². The average Bonchev–Trinajstić information content (AvgIpc) is 3.42. The number of thioether (sulfide) groups is 2. The van der Waals surface area contributed by atoms with Crippen LogP contribution in [0, 0.1) is 0 Å². The van der Waals surface area contributed by atoms with Gasteiger partial charge >= 0.3 is 11.9 Å². The number of hydrogen-bond donors (Lipinski definition) is 7. The van der Waals surface area contributed by atoms with Crippen LogP contribution < -0.4 is 16.4 Å². The Labute approximate surface area is 240 Å². The van der Waals surface area contributed by atoms with E-state index in [9.17, 15) is 37.3 Å². The maximum absolute atomic E-state index is 13.1. The van der Waals surface area contributed by atoms with Crippen LogP contribution in [0.25, 0.3) is 0 Å². The lowest BCUT2D eigenvalue weighted by molar-refractivity contribution is -0.150. The summed E-state index contributed by atoms with van der Waals surface area (Å²) in [6, 6.07) is 5.29. The molecule has 2 aromatic rings. The van der Waals surface area contributed by atoms with Crippen molar-refractivity contribution in [3.63, 3.8) is 0 Å². The van der Waals surface area contributed by atoms with Crippen molar-refractivity contribution in [2.45, 2.75) is 40.8 Å². The number of β-lactam (4-membered cyclic amide) rings is 1. The summed E-state index contributed by atoms with van der Waals surface area (Å²) in [7, 11) is -4.37. The molecule has 0 bridgehead atoms. The summed E-state index contributed by atoms with van der Waals surface area (Å²) >= 11 is 2.13. The van der Waals surface area contributed by atoms with Crippen LogP contribution >= 0.6 is 23.5 Å². The first kappa shape index (κ1) is 30.2. The van der Waals surface area contributed by atoms with Gasteiger partial charge in [0.1, 0.15) is 17.1 Å². The fourth-order valence-electron chi connectivity index (χ4n) is 4.15. The third-order valence-electron chi connectivity index (χ3n) is 6.02. The number of carboxylic acid groups (broad SMARTS) is 2. The van der Waals surface area contributed by atoms with Crippen LogP contribution in [0.15, 0.2) is 40.7 Å². The third-order valence-corrected chi connectivity index (χ3v) is 9.27. The van der Waals surface area contributed by atoms with Crippen LogP contribution in [-0.2, 0) is 35.7 Å². The topological polar surface area (TPSA) is 271 Å². The number of nitrogens with zero attached hydrogens (tertiary/aromatic N) is 4. The molecule has 17 nitrogen and oxygen atoms in total. The molecule has 0 spiro atoms. The number of aromatic nitrogens is 4. The summed E-state index contributed by atoms with van der Waals surface area (Å²) in [6.07, 6.45) is -1.59. The molecule has 1 saturated heterocycles. The maximum atomic E-state index is 13.1. The number of hydrogen-bond acceptors (Lipinski definition) is 13. The monoisotopic (exact) mass is 628 g/mol. The van der Waals surface area contributed by atoms with Crippen molar-refractivity contribution in [3.05, 3.63) is 41.1 Å². The SMILES string of the molecule is NC(Nc1ccc(CC(=O)NC2C(=O)N3C(C(=O)O)=C(C(CCS(=O)(=O)O)Sc4nn[nH]n4)CS[C@@H]23)cc1)C(=O)O. The zero-order chi connectivity index (χ0) is 29.9. The van der Waals surface area contributed by atoms with E-state index in [2.05, 4.69) is 31.3 Å². The summed E-state index contributed by atoms with van der Waals surface area (Å²) in [4.78, 5) is 50.0. The molecule has 3 unspecified atom stereocenters. The van der Waals surface area contributed by atoms with E-state index < -0.39 is 62.5 Å². The van der Waals surface area contributed by atoms with E-state index in [1.54, 1.807) is 24.3 Å². The number of anilines is 1. The first-order chi connectivity index (χ1) is 19.3. The van der Waals surface area contributed by atoms with Crippen LogP contribution in [0.2, 0.25) is 0 Å². The number of aliphatic carboxylic acids is 2. The molecule has 3 heterocycles. The van der Waals surface area contributed by atoms with Crippen LogP contribution in [-0.4, -0.2) is 107 Å². The van der Waals surface area contributed by atoms with Crippen molar-refractivity contribution in [3.8, 4) is 0 Å². The second-order valence-corrected chi connectivity index (χ2v) is 12.7. The highest BCUT2D eigenvalue weighted by Crippen LogP contribution is 2.44. The largest absolute Gasteiger partial charge is 0.479 e. The van der Waals surface area contributed by atoms with Gasteiger partial charge in [0, 0.05) is 16.7 Å². The summed E-state index contributed by atoms with van der Waals surface area (Å²) in [5.74, 6) is -4.35. The Hall–Kier alpha value is -3.72. The minimum atomic E-state index is -4.37. The highest BCUT2D eigenvalue weighted by molar-refractivity contribution is 8.01. The molecule has 4 atom stereocenters. The lowest BCUT2D eigenvalue weighted by Gasteiger charge is -2.50. The van der Waals surface area contributed by atoms with Crippen molar-refractivity contribution in [2.24, 2.45) is 5.73 Å². The van der Waals surface area contributed by atoms with Gasteiger partial charge in [-0.3, -0.25) is 19.0 Å². The quantitative estimate of drug-likeness (QED) is 0.0587. The molecule has 4 rings (SSSR count). The van der Waals surface area contributed by atoms with Crippen LogP contribution in [0.3, 0.4) is 0 Å². The number of fused-ring (bicyclic) bond motifs is 1. The normalized spacial score (nSPS) is 20.0. The summed E-state index contributed by atoms with van der Waals surface area (Å²) in [5, 5.41) is 35.9. The minimum absolute atomic E-state index is 0.0936. The number of rotatable bonds is 13. The Morgan fingerprint density at radius 2 is 1.95 bits per heavy atom. The Kier molecular flexibility index (Phi) is 9.17. The predicted molar refractivity (Wildman–Crippen MR) is 144 cm³/mol. The number of H-pyrrole nitrogens is 1. The van der Waals surface area contributed by atoms with Gasteiger partial charge in [0.15, 0.2) is 6.17 Å². The van der Waals surface area contributed by atoms with Gasteiger partial charge in [0.05, 0.1) is 12.2 Å². The lowest BCUT2D eigenvalue weighted by Crippen LogP contribution is -2.70. The van der Waals surface area contributed by atoms with Gasteiger partial charge in [-0.05, 0) is 34.9 Å². The van der Waals surface area contributed by atoms with E-state index in [0.717, 1.165) is 16.7 Å². The number of carbonyl (C=O) groups is 4. The zero-order valence-electron chi connectivity index (χ0n) is 20.8. The minimum Gasteiger partial charge on any atom is -0.479 e. The first-order valence-corrected chi connectivity index (χ1v) is 15.3. The number of benzene rings is 1. The third kappa shape index (κ3) is 7.33. The molecule has 1 aromatic heterocycles. The number of carbonyl (C=O) groups excluding carboxylic acids is 2. The van der Waals surface area contributed by atoms with Gasteiger partial charge in [0.25, 0.3) is 16.0 Å². The van der Waals surface area contributed by atoms with Gasteiger partial charge in [-0.2, -0.15) is 13.6 Å². The van der Waals surface area contributed by atoms with Crippen molar-refractivity contribution < 1.29 is 42.4 Å². The Morgan fingerprint density at radius 1 is 1.24 bits per heavy atom. The molecule has 2 aliphatic heterocycles. The fourth-order valence-corrected chi connectivity index (χ4v) is 7.37. The fraction of sp³-hybridized carbons (Fsp3) is 0.381. The molecule has 0 saturated carbocycles. The number of amides is 2. The number of carboxylic acids is 2. The first-order valence-electron chi connectivity index (χ1n) is 11.7. The van der Waals surface area contributed by atoms with Gasteiger partial charge in [-0.1, -0.05) is 23.9 Å². The van der Waals surface area contributed by atoms with Crippen molar-refractivity contribution >= 4 is 63.1 Å². The number of aromatic amines is 1. The molecule has 8 N–H and O–H groups in total. The number of nitrogens with two attached hydrogens (primary N) is 1. The molecule has 2 amide bonds. The van der Waals surface area contributed by atoms with Gasteiger partial charge < -0.3 is 26.6 Å². The zero-order valence-corrected chi connectivity index (χ0v) is 23.3. The predicted octanol–water partition coefficient (Wildman–Crippen LogP) is -1.30. The second-order valence-electron chi connectivity index (χ2n) is 8.84. The number of tetrazole rings is 1. The Morgan fingerprint density at radius 3 is 2.54 bits per heavy atom. The summed E-state index contributed by atoms with van der Waals surface area (Å²) in [6.45, 7) is 0. The summed E-state index contributed by atoms with van der Waals surface area (Å²) in [5.41, 5.74) is 6.35. The Balaban J connectivity index is 1.45. The molecule has 20 heteroatoms. The van der Waals surface area contributed by atoms with Crippen LogP contribution in [0.5, 0.6) is 0 Å². The Bertz CT molecular complexity index is 1470. The smallest absolute Gasteiger partial charge is 0.352 e. The standard InChI is InChI=1S/C21H24N8O9S3/c22-16(20(34)35)23-10-3-1-9(2-4-10)7-13(30)24-14-17(31)29-15(19(32)33)11(8-39-18(14)29)12(5-6-41(36,37)38)40-21-25-27-28-26-21/h1-4,12,14,16,18,23H,5-8,22H2,(H,24,30)(H,32,33)(H,34,35)(H,36,37,38)(H,25,26,27,28)/t12?,14?,16?,18-/m0/s1. The molecule has 0 radical (unpaired) electrons. The van der Waals surface area contributed by atoms with E-state index in [4.69, 9.17) is 10.8 Å². The van der Waals surface area contributed by atoms with E-state index in [1.165, 1.54) is 11.8 Å². The van der Waals surface area contributed by atoms with E-state index >= 15 is 0 Å². The molecule has 0 aliphatic carbocycles.